The van der Waals surface area contributed by atoms with E-state index in [2.05, 4.69) is 15.0 Å². The number of rotatable bonds is 2. The molecular formula is C10H12N4OS. The molecule has 0 aliphatic heterocycles. The summed E-state index contributed by atoms with van der Waals surface area (Å²) in [7, 11) is 0. The van der Waals surface area contributed by atoms with Gasteiger partial charge in [-0.2, -0.15) is 0 Å². The van der Waals surface area contributed by atoms with Gasteiger partial charge in [0.2, 0.25) is 0 Å². The summed E-state index contributed by atoms with van der Waals surface area (Å²) < 4.78 is 0. The van der Waals surface area contributed by atoms with Crippen molar-refractivity contribution in [1.82, 2.24) is 15.0 Å². The van der Waals surface area contributed by atoms with Gasteiger partial charge in [-0.1, -0.05) is 13.8 Å². The lowest BCUT2D eigenvalue weighted by Crippen LogP contribution is -2.19. The number of aromatic nitrogens is 3. The molecule has 0 aliphatic carbocycles. The fourth-order valence-corrected chi connectivity index (χ4v) is 2.07. The highest BCUT2D eigenvalue weighted by Crippen LogP contribution is 2.21. The summed E-state index contributed by atoms with van der Waals surface area (Å²) in [5, 5.41) is 0. The summed E-state index contributed by atoms with van der Waals surface area (Å²) in [6, 6.07) is 0. The zero-order valence-electron chi connectivity index (χ0n) is 9.02. The molecule has 3 N–H and O–H groups in total. The number of hydrogen-bond acceptors (Lipinski definition) is 5. The fraction of sp³-hybridized carbons (Fsp3) is 0.300. The van der Waals surface area contributed by atoms with E-state index >= 15 is 0 Å². The van der Waals surface area contributed by atoms with Crippen LogP contribution in [0.4, 0.5) is 5.82 Å². The van der Waals surface area contributed by atoms with E-state index in [1.807, 2.05) is 13.8 Å². The van der Waals surface area contributed by atoms with E-state index in [-0.39, 0.29) is 11.5 Å². The molecule has 0 saturated heterocycles. The Morgan fingerprint density at radius 1 is 1.50 bits per heavy atom. The van der Waals surface area contributed by atoms with E-state index in [0.29, 0.717) is 17.2 Å². The van der Waals surface area contributed by atoms with Gasteiger partial charge in [0.1, 0.15) is 5.82 Å². The first kappa shape index (κ1) is 10.8. The first-order chi connectivity index (χ1) is 7.59. The van der Waals surface area contributed by atoms with Crippen LogP contribution in [-0.4, -0.2) is 15.0 Å². The van der Waals surface area contributed by atoms with Gasteiger partial charge in [0, 0.05) is 6.20 Å². The van der Waals surface area contributed by atoms with Crippen LogP contribution in [0.15, 0.2) is 16.5 Å². The van der Waals surface area contributed by atoms with Crippen molar-refractivity contribution in [1.29, 1.82) is 0 Å². The molecule has 2 aromatic rings. The second-order valence-electron chi connectivity index (χ2n) is 3.73. The zero-order chi connectivity index (χ0) is 11.7. The minimum atomic E-state index is -0.175. The van der Waals surface area contributed by atoms with Gasteiger partial charge >= 0.3 is 0 Å². The third-order valence-corrected chi connectivity index (χ3v) is 3.01. The first-order valence-electron chi connectivity index (χ1n) is 4.88. The number of hydrogen-bond donors (Lipinski definition) is 2. The average molecular weight is 236 g/mol. The molecule has 0 spiro atoms. The van der Waals surface area contributed by atoms with Gasteiger partial charge in [0.05, 0.1) is 16.0 Å². The number of anilines is 1. The number of nitrogens with two attached hydrogens (primary N) is 1. The molecular weight excluding hydrogens is 224 g/mol. The van der Waals surface area contributed by atoms with Crippen molar-refractivity contribution >= 4 is 17.2 Å². The van der Waals surface area contributed by atoms with Crippen molar-refractivity contribution in [3.63, 3.8) is 0 Å². The van der Waals surface area contributed by atoms with E-state index in [9.17, 15) is 4.79 Å². The predicted molar refractivity (Wildman–Crippen MR) is 64.5 cm³/mol. The summed E-state index contributed by atoms with van der Waals surface area (Å²) in [6.07, 6.45) is 1.65. The molecule has 0 saturated carbocycles. The van der Waals surface area contributed by atoms with Gasteiger partial charge in [-0.05, 0) is 5.92 Å². The molecule has 16 heavy (non-hydrogen) atoms. The van der Waals surface area contributed by atoms with Gasteiger partial charge < -0.3 is 10.7 Å². The topological polar surface area (TPSA) is 84.7 Å². The number of nitrogen functional groups attached to an aromatic ring is 1. The van der Waals surface area contributed by atoms with Crippen LogP contribution in [0.25, 0.3) is 10.7 Å². The van der Waals surface area contributed by atoms with Crippen LogP contribution in [0, 0.1) is 0 Å². The van der Waals surface area contributed by atoms with Crippen molar-refractivity contribution in [3.05, 3.63) is 27.6 Å². The van der Waals surface area contributed by atoms with Gasteiger partial charge in [-0.15, -0.1) is 11.3 Å². The normalized spacial score (nSPS) is 10.9. The van der Waals surface area contributed by atoms with Crippen LogP contribution in [-0.2, 0) is 0 Å². The molecule has 0 amide bonds. The van der Waals surface area contributed by atoms with Crippen molar-refractivity contribution in [3.8, 4) is 10.7 Å². The number of H-pyrrole nitrogens is 1. The molecule has 0 bridgehead atoms. The minimum Gasteiger partial charge on any atom is -0.383 e. The summed E-state index contributed by atoms with van der Waals surface area (Å²) >= 11 is 1.41. The maximum Gasteiger partial charge on any atom is 0.256 e. The van der Waals surface area contributed by atoms with Crippen molar-refractivity contribution in [2.75, 3.05) is 5.73 Å². The van der Waals surface area contributed by atoms with Crippen LogP contribution in [0.3, 0.4) is 0 Å². The van der Waals surface area contributed by atoms with Gasteiger partial charge in [0.25, 0.3) is 5.56 Å². The lowest BCUT2D eigenvalue weighted by molar-refractivity contribution is 0.837. The Bertz CT molecular complexity index is 544. The quantitative estimate of drug-likeness (QED) is 0.829. The van der Waals surface area contributed by atoms with E-state index in [0.717, 1.165) is 4.88 Å². The highest BCUT2D eigenvalue weighted by molar-refractivity contribution is 7.13. The lowest BCUT2D eigenvalue weighted by Gasteiger charge is -2.07. The molecule has 0 fully saturated rings. The highest BCUT2D eigenvalue weighted by Gasteiger charge is 2.13. The monoisotopic (exact) mass is 236 g/mol. The Hall–Kier alpha value is -1.69. The van der Waals surface area contributed by atoms with Gasteiger partial charge in [-0.3, -0.25) is 9.78 Å². The molecule has 6 heteroatoms. The summed E-state index contributed by atoms with van der Waals surface area (Å²) in [4.78, 5) is 23.5. The van der Waals surface area contributed by atoms with Crippen LogP contribution < -0.4 is 11.3 Å². The molecule has 2 aromatic heterocycles. The van der Waals surface area contributed by atoms with E-state index in [4.69, 9.17) is 5.73 Å². The second-order valence-corrected chi connectivity index (χ2v) is 4.62. The maximum absolute atomic E-state index is 11.8. The Balaban J connectivity index is 2.58. The van der Waals surface area contributed by atoms with Gasteiger partial charge in [0.15, 0.2) is 5.82 Å². The first-order valence-corrected chi connectivity index (χ1v) is 5.76. The predicted octanol–water partition coefficient (Wildman–Crippen LogP) is 1.60. The van der Waals surface area contributed by atoms with Crippen molar-refractivity contribution < 1.29 is 0 Å². The van der Waals surface area contributed by atoms with Crippen LogP contribution in [0.1, 0.15) is 25.3 Å². The molecule has 84 valence electrons. The molecule has 0 aromatic carbocycles. The van der Waals surface area contributed by atoms with Crippen molar-refractivity contribution in [2.24, 2.45) is 0 Å². The Kier molecular flexibility index (Phi) is 2.74. The third-order valence-electron chi connectivity index (χ3n) is 2.23. The largest absolute Gasteiger partial charge is 0.383 e. The van der Waals surface area contributed by atoms with Gasteiger partial charge in [-0.25, -0.2) is 4.98 Å². The Morgan fingerprint density at radius 2 is 2.25 bits per heavy atom. The molecule has 0 radical (unpaired) electrons. The number of nitrogens with one attached hydrogen (secondary N) is 1. The summed E-state index contributed by atoms with van der Waals surface area (Å²) in [6.45, 7) is 3.82. The second kappa shape index (κ2) is 4.05. The van der Waals surface area contributed by atoms with Crippen LogP contribution >= 0.6 is 11.3 Å². The molecule has 0 aliphatic rings. The van der Waals surface area contributed by atoms with E-state index in [1.165, 1.54) is 11.3 Å². The molecule has 2 rings (SSSR count). The number of aromatic amines is 1. The Labute approximate surface area is 96.4 Å². The number of thiazole rings is 1. The minimum absolute atomic E-state index is 0.0618. The number of nitrogens with zero attached hydrogens (tertiary/aromatic N) is 2. The molecule has 2 heterocycles. The molecule has 0 unspecified atom stereocenters. The fourth-order valence-electron chi connectivity index (χ4n) is 1.51. The Morgan fingerprint density at radius 3 is 2.75 bits per heavy atom. The standard InChI is InChI=1S/C10H12N4OS/c1-5(2)7-8(11)13-9(14-10(7)15)6-3-12-4-16-6/h3-5H,1-2H3,(H3,11,13,14,15). The average Bonchev–Trinajstić information content (AvgIpc) is 2.67. The summed E-state index contributed by atoms with van der Waals surface area (Å²) in [5.41, 5.74) is 7.83. The lowest BCUT2D eigenvalue weighted by atomic mass is 10.1. The van der Waals surface area contributed by atoms with Crippen LogP contribution in [0.5, 0.6) is 0 Å². The third kappa shape index (κ3) is 1.83. The molecule has 5 nitrogen and oxygen atoms in total. The van der Waals surface area contributed by atoms with E-state index in [1.54, 1.807) is 11.7 Å². The SMILES string of the molecule is CC(C)c1c(N)nc(-c2cncs2)[nH]c1=O. The summed E-state index contributed by atoms with van der Waals surface area (Å²) in [5.74, 6) is 0.836. The zero-order valence-corrected chi connectivity index (χ0v) is 9.84. The van der Waals surface area contributed by atoms with E-state index < -0.39 is 0 Å². The highest BCUT2D eigenvalue weighted by atomic mass is 32.1. The van der Waals surface area contributed by atoms with Crippen LogP contribution in [0.2, 0.25) is 0 Å². The molecule has 0 atom stereocenters. The maximum atomic E-state index is 11.8. The van der Waals surface area contributed by atoms with Crippen molar-refractivity contribution in [2.45, 2.75) is 19.8 Å². The smallest absolute Gasteiger partial charge is 0.256 e.